The van der Waals surface area contributed by atoms with Crippen molar-refractivity contribution in [3.8, 4) is 0 Å². The standard InChI is InChI=1S/C19H40O3/c1-4-5-6-7-8-9-10-11-12-13-20-14-15-21-16-17-22-18-19(2)3/h19H,4-18H2,1-3H3. The van der Waals surface area contributed by atoms with E-state index < -0.39 is 0 Å². The van der Waals surface area contributed by atoms with Crippen LogP contribution in [0.4, 0.5) is 0 Å². The van der Waals surface area contributed by atoms with Crippen molar-refractivity contribution in [1.82, 2.24) is 0 Å². The Morgan fingerprint density at radius 2 is 1.00 bits per heavy atom. The molecule has 0 bridgehead atoms. The minimum atomic E-state index is 0.597. The summed E-state index contributed by atoms with van der Waals surface area (Å²) in [5.74, 6) is 0.597. The molecule has 0 aliphatic carbocycles. The predicted molar refractivity (Wildman–Crippen MR) is 94.5 cm³/mol. The third kappa shape index (κ3) is 19.9. The second-order valence-electron chi connectivity index (χ2n) is 6.52. The minimum absolute atomic E-state index is 0.597. The number of hydrogen-bond acceptors (Lipinski definition) is 3. The molecule has 0 fully saturated rings. The molecule has 3 nitrogen and oxygen atoms in total. The van der Waals surface area contributed by atoms with Crippen LogP contribution in [0, 0.1) is 5.92 Å². The summed E-state index contributed by atoms with van der Waals surface area (Å²) in [6.45, 7) is 11.0. The Bertz CT molecular complexity index is 195. The lowest BCUT2D eigenvalue weighted by Crippen LogP contribution is -2.11. The van der Waals surface area contributed by atoms with Crippen molar-refractivity contribution in [2.75, 3.05) is 39.6 Å². The van der Waals surface area contributed by atoms with Crippen LogP contribution in [-0.2, 0) is 14.2 Å². The molecule has 3 heteroatoms. The van der Waals surface area contributed by atoms with E-state index in [0.29, 0.717) is 32.3 Å². The summed E-state index contributed by atoms with van der Waals surface area (Å²) in [7, 11) is 0. The van der Waals surface area contributed by atoms with Crippen LogP contribution in [0.25, 0.3) is 0 Å². The quantitative estimate of drug-likeness (QED) is 0.324. The maximum Gasteiger partial charge on any atom is 0.0701 e. The molecule has 0 aromatic carbocycles. The van der Waals surface area contributed by atoms with Gasteiger partial charge in [0.1, 0.15) is 0 Å². The highest BCUT2D eigenvalue weighted by atomic mass is 16.5. The van der Waals surface area contributed by atoms with Crippen molar-refractivity contribution in [2.45, 2.75) is 78.6 Å². The monoisotopic (exact) mass is 316 g/mol. The fourth-order valence-corrected chi connectivity index (χ4v) is 2.27. The molecule has 0 spiro atoms. The minimum Gasteiger partial charge on any atom is -0.379 e. The molecule has 0 heterocycles. The number of unbranched alkanes of at least 4 members (excludes halogenated alkanes) is 8. The average Bonchev–Trinajstić information content (AvgIpc) is 2.50. The van der Waals surface area contributed by atoms with Crippen molar-refractivity contribution >= 4 is 0 Å². The zero-order valence-corrected chi connectivity index (χ0v) is 15.4. The largest absolute Gasteiger partial charge is 0.379 e. The van der Waals surface area contributed by atoms with Gasteiger partial charge < -0.3 is 14.2 Å². The molecule has 0 amide bonds. The third-order valence-electron chi connectivity index (χ3n) is 3.59. The Kier molecular flexibility index (Phi) is 18.8. The first kappa shape index (κ1) is 21.9. The van der Waals surface area contributed by atoms with Crippen LogP contribution >= 0.6 is 0 Å². The molecule has 0 aliphatic rings. The summed E-state index contributed by atoms with van der Waals surface area (Å²) in [4.78, 5) is 0. The van der Waals surface area contributed by atoms with E-state index in [1.165, 1.54) is 57.8 Å². The molecule has 134 valence electrons. The van der Waals surface area contributed by atoms with Crippen LogP contribution in [0.15, 0.2) is 0 Å². The zero-order chi connectivity index (χ0) is 16.3. The van der Waals surface area contributed by atoms with E-state index in [0.717, 1.165) is 13.2 Å². The lowest BCUT2D eigenvalue weighted by atomic mass is 10.1. The second kappa shape index (κ2) is 18.9. The van der Waals surface area contributed by atoms with Gasteiger partial charge in [-0.05, 0) is 12.3 Å². The Balaban J connectivity index is 2.94. The molecular formula is C19H40O3. The van der Waals surface area contributed by atoms with E-state index in [-0.39, 0.29) is 0 Å². The number of hydrogen-bond donors (Lipinski definition) is 0. The predicted octanol–water partition coefficient (Wildman–Crippen LogP) is 5.22. The summed E-state index contributed by atoms with van der Waals surface area (Å²) in [6.07, 6.45) is 12.2. The van der Waals surface area contributed by atoms with Crippen molar-refractivity contribution in [3.63, 3.8) is 0 Å². The van der Waals surface area contributed by atoms with E-state index in [9.17, 15) is 0 Å². The molecule has 22 heavy (non-hydrogen) atoms. The van der Waals surface area contributed by atoms with Crippen LogP contribution in [-0.4, -0.2) is 39.6 Å². The highest BCUT2D eigenvalue weighted by Gasteiger charge is 1.95. The van der Waals surface area contributed by atoms with Gasteiger partial charge in [0.2, 0.25) is 0 Å². The van der Waals surface area contributed by atoms with Crippen molar-refractivity contribution in [3.05, 3.63) is 0 Å². The molecule has 0 N–H and O–H groups in total. The lowest BCUT2D eigenvalue weighted by Gasteiger charge is -2.08. The van der Waals surface area contributed by atoms with E-state index in [1.807, 2.05) is 0 Å². The van der Waals surface area contributed by atoms with Crippen LogP contribution in [0.3, 0.4) is 0 Å². The van der Waals surface area contributed by atoms with Crippen molar-refractivity contribution < 1.29 is 14.2 Å². The molecular weight excluding hydrogens is 276 g/mol. The van der Waals surface area contributed by atoms with Gasteiger partial charge in [-0.15, -0.1) is 0 Å². The lowest BCUT2D eigenvalue weighted by molar-refractivity contribution is 0.00900. The van der Waals surface area contributed by atoms with Crippen molar-refractivity contribution in [1.29, 1.82) is 0 Å². The first-order chi connectivity index (χ1) is 10.8. The maximum atomic E-state index is 5.57. The maximum absolute atomic E-state index is 5.57. The molecule has 0 atom stereocenters. The summed E-state index contributed by atoms with van der Waals surface area (Å²) in [5, 5.41) is 0. The van der Waals surface area contributed by atoms with Crippen LogP contribution in [0.2, 0.25) is 0 Å². The Morgan fingerprint density at radius 3 is 1.55 bits per heavy atom. The Hall–Kier alpha value is -0.120. The van der Waals surface area contributed by atoms with Crippen molar-refractivity contribution in [2.24, 2.45) is 5.92 Å². The molecule has 0 rings (SSSR count). The van der Waals surface area contributed by atoms with E-state index in [1.54, 1.807) is 0 Å². The Labute approximate surface area is 139 Å². The average molecular weight is 317 g/mol. The molecule has 0 aromatic rings. The van der Waals surface area contributed by atoms with Gasteiger partial charge >= 0.3 is 0 Å². The highest BCUT2D eigenvalue weighted by molar-refractivity contribution is 4.46. The summed E-state index contributed by atoms with van der Waals surface area (Å²) < 4.78 is 16.5. The number of ether oxygens (including phenoxy) is 3. The molecule has 0 saturated heterocycles. The van der Waals surface area contributed by atoms with Crippen LogP contribution < -0.4 is 0 Å². The normalized spacial score (nSPS) is 11.5. The molecule has 0 aromatic heterocycles. The molecule has 0 radical (unpaired) electrons. The third-order valence-corrected chi connectivity index (χ3v) is 3.59. The number of rotatable bonds is 18. The van der Waals surface area contributed by atoms with Gasteiger partial charge in [-0.1, -0.05) is 72.1 Å². The molecule has 0 saturated carbocycles. The zero-order valence-electron chi connectivity index (χ0n) is 15.4. The first-order valence-corrected chi connectivity index (χ1v) is 9.50. The van der Waals surface area contributed by atoms with Gasteiger partial charge in [-0.2, -0.15) is 0 Å². The second-order valence-corrected chi connectivity index (χ2v) is 6.52. The van der Waals surface area contributed by atoms with Crippen LogP contribution in [0.5, 0.6) is 0 Å². The van der Waals surface area contributed by atoms with Gasteiger partial charge in [0, 0.05) is 13.2 Å². The SMILES string of the molecule is CCCCCCCCCCCOCCOCCOCC(C)C. The smallest absolute Gasteiger partial charge is 0.0701 e. The van der Waals surface area contributed by atoms with Gasteiger partial charge in [0.15, 0.2) is 0 Å². The van der Waals surface area contributed by atoms with Gasteiger partial charge in [0.25, 0.3) is 0 Å². The van der Waals surface area contributed by atoms with Crippen LogP contribution in [0.1, 0.15) is 78.6 Å². The fraction of sp³-hybridized carbons (Fsp3) is 1.00. The van der Waals surface area contributed by atoms with Gasteiger partial charge in [-0.3, -0.25) is 0 Å². The topological polar surface area (TPSA) is 27.7 Å². The summed E-state index contributed by atoms with van der Waals surface area (Å²) in [6, 6.07) is 0. The van der Waals surface area contributed by atoms with E-state index in [4.69, 9.17) is 14.2 Å². The molecule has 0 aliphatic heterocycles. The van der Waals surface area contributed by atoms with E-state index in [2.05, 4.69) is 20.8 Å². The van der Waals surface area contributed by atoms with Gasteiger partial charge in [0.05, 0.1) is 26.4 Å². The van der Waals surface area contributed by atoms with E-state index >= 15 is 0 Å². The first-order valence-electron chi connectivity index (χ1n) is 9.50. The summed E-state index contributed by atoms with van der Waals surface area (Å²) in [5.41, 5.74) is 0. The molecule has 0 unspecified atom stereocenters. The summed E-state index contributed by atoms with van der Waals surface area (Å²) >= 11 is 0. The van der Waals surface area contributed by atoms with Gasteiger partial charge in [-0.25, -0.2) is 0 Å². The Morgan fingerprint density at radius 1 is 0.545 bits per heavy atom. The highest BCUT2D eigenvalue weighted by Crippen LogP contribution is 2.09. The fourth-order valence-electron chi connectivity index (χ4n) is 2.27.